The van der Waals surface area contributed by atoms with Crippen molar-refractivity contribution in [3.8, 4) is 0 Å². The second-order valence-corrected chi connectivity index (χ2v) is 27.7. The zero-order valence-electron chi connectivity index (χ0n) is 54.9. The maximum atomic E-state index is 13.0. The van der Waals surface area contributed by atoms with Gasteiger partial charge in [-0.25, -0.2) is 9.13 Å². The number of unbranched alkanes of at least 4 members (excludes halogenated alkanes) is 35. The van der Waals surface area contributed by atoms with Gasteiger partial charge in [-0.15, -0.1) is 0 Å². The summed E-state index contributed by atoms with van der Waals surface area (Å²) in [7, 11) is -9.89. The second kappa shape index (κ2) is 58.4. The van der Waals surface area contributed by atoms with E-state index in [9.17, 15) is 43.2 Å². The average molecular weight is 1260 g/mol. The lowest BCUT2D eigenvalue weighted by atomic mass is 10.0. The fourth-order valence-electron chi connectivity index (χ4n) is 9.88. The fourth-order valence-corrected chi connectivity index (χ4v) is 11.5. The molecule has 0 aliphatic heterocycles. The fraction of sp³-hybridized carbons (Fsp3) is 0.939. The number of carbonyl (C=O) groups is 4. The Balaban J connectivity index is 5.20. The lowest BCUT2D eigenvalue weighted by Gasteiger charge is -2.21. The zero-order chi connectivity index (χ0) is 62.9. The second-order valence-electron chi connectivity index (χ2n) is 24.8. The molecule has 0 aromatic heterocycles. The number of aliphatic hydroxyl groups excluding tert-OH is 1. The maximum Gasteiger partial charge on any atom is 0.472 e. The Morgan fingerprint density at radius 1 is 0.318 bits per heavy atom. The van der Waals surface area contributed by atoms with Gasteiger partial charge in [-0.2, -0.15) is 0 Å². The Hall–Kier alpha value is -1.94. The summed E-state index contributed by atoms with van der Waals surface area (Å²) < 4.78 is 68.0. The van der Waals surface area contributed by atoms with Crippen molar-refractivity contribution in [2.75, 3.05) is 39.6 Å². The van der Waals surface area contributed by atoms with Crippen LogP contribution in [0.3, 0.4) is 0 Å². The first-order valence-corrected chi connectivity index (χ1v) is 37.5. The van der Waals surface area contributed by atoms with Gasteiger partial charge in [0.1, 0.15) is 19.3 Å². The van der Waals surface area contributed by atoms with Gasteiger partial charge in [-0.1, -0.05) is 279 Å². The highest BCUT2D eigenvalue weighted by Gasteiger charge is 2.30. The maximum absolute atomic E-state index is 13.0. The number of hydrogen-bond donors (Lipinski definition) is 3. The van der Waals surface area contributed by atoms with Gasteiger partial charge in [-0.3, -0.25) is 37.3 Å². The van der Waals surface area contributed by atoms with E-state index in [2.05, 4.69) is 41.5 Å². The lowest BCUT2D eigenvalue weighted by molar-refractivity contribution is -0.161. The molecule has 0 saturated heterocycles. The van der Waals surface area contributed by atoms with Crippen LogP contribution >= 0.6 is 15.6 Å². The Kier molecular flexibility index (Phi) is 57.1. The highest BCUT2D eigenvalue weighted by molar-refractivity contribution is 7.47. The van der Waals surface area contributed by atoms with Crippen molar-refractivity contribution in [2.24, 2.45) is 11.8 Å². The molecule has 0 aliphatic carbocycles. The van der Waals surface area contributed by atoms with Gasteiger partial charge in [0.05, 0.1) is 26.4 Å². The molecule has 0 aliphatic rings. The smallest absolute Gasteiger partial charge is 0.462 e. The third-order valence-corrected chi connectivity index (χ3v) is 17.1. The molecule has 5 atom stereocenters. The Labute approximate surface area is 517 Å². The van der Waals surface area contributed by atoms with Gasteiger partial charge < -0.3 is 33.8 Å². The van der Waals surface area contributed by atoms with E-state index in [0.29, 0.717) is 31.6 Å². The summed E-state index contributed by atoms with van der Waals surface area (Å²) in [4.78, 5) is 72.2. The molecule has 0 amide bonds. The van der Waals surface area contributed by atoms with E-state index in [0.717, 1.165) is 109 Å². The molecule has 0 saturated carbocycles. The first kappa shape index (κ1) is 83.1. The molecule has 19 heteroatoms. The minimum absolute atomic E-state index is 0.102. The van der Waals surface area contributed by atoms with E-state index in [-0.39, 0.29) is 25.7 Å². The van der Waals surface area contributed by atoms with Gasteiger partial charge >= 0.3 is 39.5 Å². The number of carbonyl (C=O) groups excluding carboxylic acids is 4. The number of rotatable bonds is 65. The predicted octanol–water partition coefficient (Wildman–Crippen LogP) is 18.4. The van der Waals surface area contributed by atoms with Crippen molar-refractivity contribution in [1.29, 1.82) is 0 Å². The van der Waals surface area contributed by atoms with Crippen molar-refractivity contribution >= 4 is 39.5 Å². The number of phosphoric ester groups is 2. The molecule has 0 aromatic carbocycles. The molecule has 0 fully saturated rings. The van der Waals surface area contributed by atoms with E-state index in [4.69, 9.17) is 37.0 Å². The SMILES string of the molecule is CCCCCCCCCCCCCCCCC(=O)OC[C@H](COP(=O)(O)OC[C@@H](O)COP(=O)(O)OC[C@@H](COC(=O)CCCCCCCCC)OC(=O)CCCCCCCCC(C)C)OC(=O)CCCCCCCCCCCCCCC(C)C. The van der Waals surface area contributed by atoms with Crippen molar-refractivity contribution < 1.29 is 80.2 Å². The highest BCUT2D eigenvalue weighted by Crippen LogP contribution is 2.45. The van der Waals surface area contributed by atoms with E-state index in [1.54, 1.807) is 0 Å². The third-order valence-electron chi connectivity index (χ3n) is 15.2. The monoisotopic (exact) mass is 1250 g/mol. The van der Waals surface area contributed by atoms with Crippen LogP contribution in [0.2, 0.25) is 0 Å². The third kappa shape index (κ3) is 60.7. The lowest BCUT2D eigenvalue weighted by Crippen LogP contribution is -2.30. The van der Waals surface area contributed by atoms with Gasteiger partial charge in [0.2, 0.25) is 0 Å². The standard InChI is InChI=1S/C66H128O17P2/c1-7-9-11-13-15-16-17-18-19-23-26-30-37-43-49-64(69)77-55-61(82-65(70)50-44-38-31-27-24-21-20-22-25-29-34-40-46-58(3)4)56-80-84(72,73)78-52-60(67)53-79-85(74,75)81-57-62(54-76-63(68)48-42-36-28-14-12-10-8-2)83-66(71)51-45-39-33-32-35-41-47-59(5)6/h58-62,67H,7-57H2,1-6H3,(H,72,73)(H,74,75)/t60-,61-,62-/m1/s1. The number of ether oxygens (including phenoxy) is 4. The van der Waals surface area contributed by atoms with Gasteiger partial charge in [0, 0.05) is 25.7 Å². The molecule has 0 rings (SSSR count). The summed E-state index contributed by atoms with van der Waals surface area (Å²) in [5, 5.41) is 10.5. The molecule has 3 N–H and O–H groups in total. The van der Waals surface area contributed by atoms with Gasteiger partial charge in [0.25, 0.3) is 0 Å². The average Bonchev–Trinajstić information content (AvgIpc) is 3.50. The normalized spacial score (nSPS) is 14.2. The molecule has 504 valence electrons. The summed E-state index contributed by atoms with van der Waals surface area (Å²) in [6.07, 6.45) is 41.9. The molecule has 0 radical (unpaired) electrons. The molecule has 0 spiro atoms. The molecule has 0 bridgehead atoms. The summed E-state index contributed by atoms with van der Waals surface area (Å²) in [6.45, 7) is 9.39. The van der Waals surface area contributed by atoms with Crippen LogP contribution in [-0.2, 0) is 65.4 Å². The molecule has 2 unspecified atom stereocenters. The van der Waals surface area contributed by atoms with E-state index in [1.807, 2.05) is 0 Å². The number of aliphatic hydroxyl groups is 1. The molecule has 0 aromatic rings. The van der Waals surface area contributed by atoms with Crippen LogP contribution in [0.4, 0.5) is 0 Å². The first-order chi connectivity index (χ1) is 40.9. The van der Waals surface area contributed by atoms with E-state index in [1.165, 1.54) is 135 Å². The van der Waals surface area contributed by atoms with Crippen LogP contribution in [0.1, 0.15) is 330 Å². The molecule has 85 heavy (non-hydrogen) atoms. The van der Waals surface area contributed by atoms with E-state index < -0.39 is 97.5 Å². The Morgan fingerprint density at radius 2 is 0.541 bits per heavy atom. The molecule has 0 heterocycles. The van der Waals surface area contributed by atoms with Crippen molar-refractivity contribution in [3.63, 3.8) is 0 Å². The largest absolute Gasteiger partial charge is 0.472 e. The Bertz CT molecular complexity index is 1670. The van der Waals surface area contributed by atoms with Crippen LogP contribution in [-0.4, -0.2) is 96.7 Å². The number of hydrogen-bond acceptors (Lipinski definition) is 15. The van der Waals surface area contributed by atoms with E-state index >= 15 is 0 Å². The molecular formula is C66H128O17P2. The molecule has 17 nitrogen and oxygen atoms in total. The van der Waals surface area contributed by atoms with Crippen molar-refractivity contribution in [1.82, 2.24) is 0 Å². The van der Waals surface area contributed by atoms with Crippen molar-refractivity contribution in [3.05, 3.63) is 0 Å². The minimum atomic E-state index is -4.95. The molecular weight excluding hydrogens is 1130 g/mol. The highest BCUT2D eigenvalue weighted by atomic mass is 31.2. The summed E-state index contributed by atoms with van der Waals surface area (Å²) in [6, 6.07) is 0. The first-order valence-electron chi connectivity index (χ1n) is 34.5. The van der Waals surface area contributed by atoms with Crippen molar-refractivity contribution in [2.45, 2.75) is 349 Å². The quantitative estimate of drug-likeness (QED) is 0.0222. The summed E-state index contributed by atoms with van der Waals surface area (Å²) in [5.74, 6) is -0.691. The summed E-state index contributed by atoms with van der Waals surface area (Å²) >= 11 is 0. The van der Waals surface area contributed by atoms with Gasteiger partial charge in [-0.05, 0) is 37.5 Å². The number of phosphoric acid groups is 2. The van der Waals surface area contributed by atoms with Crippen LogP contribution < -0.4 is 0 Å². The number of esters is 4. The zero-order valence-corrected chi connectivity index (χ0v) is 56.7. The van der Waals surface area contributed by atoms with Crippen LogP contribution in [0.5, 0.6) is 0 Å². The topological polar surface area (TPSA) is 237 Å². The van der Waals surface area contributed by atoms with Crippen LogP contribution in [0, 0.1) is 11.8 Å². The van der Waals surface area contributed by atoms with Crippen LogP contribution in [0.15, 0.2) is 0 Å². The van der Waals surface area contributed by atoms with Crippen LogP contribution in [0.25, 0.3) is 0 Å². The van der Waals surface area contributed by atoms with Gasteiger partial charge in [0.15, 0.2) is 12.2 Å². The minimum Gasteiger partial charge on any atom is -0.462 e. The predicted molar refractivity (Wildman–Crippen MR) is 340 cm³/mol. The Morgan fingerprint density at radius 3 is 0.800 bits per heavy atom. The summed E-state index contributed by atoms with van der Waals surface area (Å²) in [5.41, 5.74) is 0.